The van der Waals surface area contributed by atoms with Gasteiger partial charge in [-0.15, -0.1) is 11.3 Å². The van der Waals surface area contributed by atoms with Crippen molar-refractivity contribution in [2.24, 2.45) is 0 Å². The van der Waals surface area contributed by atoms with Crippen LogP contribution in [0.5, 0.6) is 0 Å². The van der Waals surface area contributed by atoms with Gasteiger partial charge in [0.05, 0.1) is 13.5 Å². The predicted molar refractivity (Wildman–Crippen MR) is 82.4 cm³/mol. The van der Waals surface area contributed by atoms with Gasteiger partial charge in [0.2, 0.25) is 11.8 Å². The van der Waals surface area contributed by atoms with Crippen molar-refractivity contribution in [3.8, 4) is 0 Å². The number of thiophene rings is 1. The lowest BCUT2D eigenvalue weighted by atomic mass is 10.1. The number of aryl methyl sites for hydroxylation is 1. The Kier molecular flexibility index (Phi) is 5.94. The number of hydrogen-bond donors (Lipinski definition) is 1. The largest absolute Gasteiger partial charge is 0.469 e. The zero-order valence-electron chi connectivity index (χ0n) is 12.5. The molecule has 0 saturated carbocycles. The van der Waals surface area contributed by atoms with Gasteiger partial charge in [0.15, 0.2) is 0 Å². The van der Waals surface area contributed by atoms with Gasteiger partial charge in [0, 0.05) is 24.4 Å². The topological polar surface area (TPSA) is 75.7 Å². The van der Waals surface area contributed by atoms with Crippen molar-refractivity contribution in [1.82, 2.24) is 10.2 Å². The maximum absolute atomic E-state index is 12.3. The third-order valence-electron chi connectivity index (χ3n) is 3.63. The van der Waals surface area contributed by atoms with E-state index in [9.17, 15) is 14.4 Å². The first-order chi connectivity index (χ1) is 10.6. The molecule has 2 rings (SSSR count). The second kappa shape index (κ2) is 7.93. The summed E-state index contributed by atoms with van der Waals surface area (Å²) in [5.74, 6) is -0.859. The summed E-state index contributed by atoms with van der Waals surface area (Å²) >= 11 is 1.67. The Morgan fingerprint density at radius 3 is 3.00 bits per heavy atom. The molecule has 0 bridgehead atoms. The number of ether oxygens (including phenoxy) is 1. The number of esters is 1. The van der Waals surface area contributed by atoms with E-state index >= 15 is 0 Å². The second-order valence-corrected chi connectivity index (χ2v) is 6.14. The molecule has 2 amide bonds. The van der Waals surface area contributed by atoms with Crippen LogP contribution in [-0.4, -0.2) is 48.9 Å². The normalized spacial score (nSPS) is 18.0. The number of amides is 2. The lowest BCUT2D eigenvalue weighted by Gasteiger charge is -2.34. The molecule has 1 fully saturated rings. The van der Waals surface area contributed by atoms with Crippen LogP contribution in [-0.2, 0) is 25.5 Å². The molecular formula is C15H20N2O4S. The number of piperazine rings is 1. The molecule has 0 spiro atoms. The molecule has 1 N–H and O–H groups in total. The van der Waals surface area contributed by atoms with Crippen LogP contribution in [0.2, 0.25) is 0 Å². The Hall–Kier alpha value is -1.89. The molecule has 0 aromatic carbocycles. The minimum Gasteiger partial charge on any atom is -0.469 e. The summed E-state index contributed by atoms with van der Waals surface area (Å²) in [7, 11) is 1.27. The molecular weight excluding hydrogens is 304 g/mol. The van der Waals surface area contributed by atoms with Gasteiger partial charge in [-0.3, -0.25) is 14.4 Å². The average molecular weight is 324 g/mol. The minimum absolute atomic E-state index is 0.0830. The van der Waals surface area contributed by atoms with Crippen molar-refractivity contribution in [3.05, 3.63) is 22.4 Å². The summed E-state index contributed by atoms with van der Waals surface area (Å²) in [6, 6.07) is 3.28. The van der Waals surface area contributed by atoms with Crippen molar-refractivity contribution in [2.45, 2.75) is 31.7 Å². The molecule has 120 valence electrons. The van der Waals surface area contributed by atoms with Crippen LogP contribution in [0.3, 0.4) is 0 Å². The van der Waals surface area contributed by atoms with E-state index in [1.807, 2.05) is 17.5 Å². The highest BCUT2D eigenvalue weighted by atomic mass is 32.1. The van der Waals surface area contributed by atoms with Crippen molar-refractivity contribution in [1.29, 1.82) is 0 Å². The number of methoxy groups -OCH3 is 1. The third kappa shape index (κ3) is 4.30. The molecule has 1 atom stereocenters. The van der Waals surface area contributed by atoms with Gasteiger partial charge in [0.25, 0.3) is 0 Å². The molecule has 0 aliphatic carbocycles. The zero-order chi connectivity index (χ0) is 15.9. The first-order valence-electron chi connectivity index (χ1n) is 7.28. The van der Waals surface area contributed by atoms with Crippen LogP contribution < -0.4 is 5.32 Å². The molecule has 1 saturated heterocycles. The van der Waals surface area contributed by atoms with Gasteiger partial charge >= 0.3 is 5.97 Å². The maximum Gasteiger partial charge on any atom is 0.308 e. The van der Waals surface area contributed by atoms with E-state index in [2.05, 4.69) is 10.1 Å². The molecule has 7 heteroatoms. The van der Waals surface area contributed by atoms with Crippen molar-refractivity contribution in [2.75, 3.05) is 20.2 Å². The molecule has 1 aromatic heterocycles. The molecule has 1 aliphatic heterocycles. The van der Waals surface area contributed by atoms with E-state index < -0.39 is 12.0 Å². The van der Waals surface area contributed by atoms with Gasteiger partial charge in [-0.1, -0.05) is 6.07 Å². The SMILES string of the molecule is COC(=O)C[C@H]1C(=O)NCCN1C(=O)CCCc1cccs1. The Morgan fingerprint density at radius 2 is 2.32 bits per heavy atom. The summed E-state index contributed by atoms with van der Waals surface area (Å²) in [5.41, 5.74) is 0. The van der Waals surface area contributed by atoms with Crippen LogP contribution in [0, 0.1) is 0 Å². The number of rotatable bonds is 6. The van der Waals surface area contributed by atoms with E-state index in [0.717, 1.165) is 12.8 Å². The Morgan fingerprint density at radius 1 is 1.50 bits per heavy atom. The summed E-state index contributed by atoms with van der Waals surface area (Å²) in [6.07, 6.45) is 1.87. The molecule has 1 aromatic rings. The van der Waals surface area contributed by atoms with E-state index in [4.69, 9.17) is 0 Å². The minimum atomic E-state index is -0.754. The van der Waals surface area contributed by atoms with Crippen LogP contribution in [0.15, 0.2) is 17.5 Å². The van der Waals surface area contributed by atoms with E-state index in [-0.39, 0.29) is 18.2 Å². The molecule has 0 unspecified atom stereocenters. The van der Waals surface area contributed by atoms with Crippen LogP contribution in [0.25, 0.3) is 0 Å². The number of carbonyl (C=O) groups is 3. The fourth-order valence-electron chi connectivity index (χ4n) is 2.47. The summed E-state index contributed by atoms with van der Waals surface area (Å²) in [5, 5.41) is 4.70. The Balaban J connectivity index is 1.89. The van der Waals surface area contributed by atoms with Gasteiger partial charge in [-0.2, -0.15) is 0 Å². The Labute approximate surface area is 133 Å². The quantitative estimate of drug-likeness (QED) is 0.791. The highest BCUT2D eigenvalue weighted by Crippen LogP contribution is 2.15. The molecule has 0 radical (unpaired) electrons. The highest BCUT2D eigenvalue weighted by molar-refractivity contribution is 7.09. The van der Waals surface area contributed by atoms with E-state index in [1.54, 1.807) is 11.3 Å². The standard InChI is InChI=1S/C15H20N2O4S/c1-21-14(19)10-12-15(20)16-7-8-17(12)13(18)6-2-4-11-5-3-9-22-11/h3,5,9,12H,2,4,6-8,10H2,1H3,(H,16,20)/t12-/m0/s1. The molecule has 2 heterocycles. The van der Waals surface area contributed by atoms with Gasteiger partial charge in [-0.25, -0.2) is 0 Å². The number of nitrogens with one attached hydrogen (secondary N) is 1. The number of hydrogen-bond acceptors (Lipinski definition) is 5. The molecule has 22 heavy (non-hydrogen) atoms. The Bertz CT molecular complexity index is 530. The van der Waals surface area contributed by atoms with E-state index in [0.29, 0.717) is 19.5 Å². The monoisotopic (exact) mass is 324 g/mol. The van der Waals surface area contributed by atoms with Gasteiger partial charge in [-0.05, 0) is 24.3 Å². The highest BCUT2D eigenvalue weighted by Gasteiger charge is 2.34. The van der Waals surface area contributed by atoms with Crippen LogP contribution in [0.4, 0.5) is 0 Å². The van der Waals surface area contributed by atoms with Gasteiger partial charge < -0.3 is 15.0 Å². The van der Waals surface area contributed by atoms with Crippen molar-refractivity contribution in [3.63, 3.8) is 0 Å². The number of carbonyl (C=O) groups excluding carboxylic acids is 3. The fraction of sp³-hybridized carbons (Fsp3) is 0.533. The average Bonchev–Trinajstić information content (AvgIpc) is 3.02. The first kappa shape index (κ1) is 16.5. The summed E-state index contributed by atoms with van der Waals surface area (Å²) in [4.78, 5) is 38.4. The lowest BCUT2D eigenvalue weighted by molar-refractivity contribution is -0.150. The van der Waals surface area contributed by atoms with Crippen molar-refractivity contribution < 1.29 is 19.1 Å². The fourth-order valence-corrected chi connectivity index (χ4v) is 3.22. The van der Waals surface area contributed by atoms with Crippen molar-refractivity contribution >= 4 is 29.1 Å². The second-order valence-electron chi connectivity index (χ2n) is 5.11. The first-order valence-corrected chi connectivity index (χ1v) is 8.16. The van der Waals surface area contributed by atoms with E-state index in [1.165, 1.54) is 16.9 Å². The third-order valence-corrected chi connectivity index (χ3v) is 4.57. The molecule has 6 nitrogen and oxygen atoms in total. The smallest absolute Gasteiger partial charge is 0.308 e. The van der Waals surface area contributed by atoms with Gasteiger partial charge in [0.1, 0.15) is 6.04 Å². The maximum atomic E-state index is 12.3. The zero-order valence-corrected chi connectivity index (χ0v) is 13.4. The summed E-state index contributed by atoms with van der Waals surface area (Å²) < 4.78 is 4.60. The molecule has 1 aliphatic rings. The van der Waals surface area contributed by atoms with Crippen LogP contribution in [0.1, 0.15) is 24.1 Å². The summed E-state index contributed by atoms with van der Waals surface area (Å²) in [6.45, 7) is 0.860. The van der Waals surface area contributed by atoms with Crippen LogP contribution >= 0.6 is 11.3 Å². The lowest BCUT2D eigenvalue weighted by Crippen LogP contribution is -2.57. The predicted octanol–water partition coefficient (Wildman–Crippen LogP) is 0.961. The number of nitrogens with zero attached hydrogens (tertiary/aromatic N) is 1.